The number of ether oxygens (including phenoxy) is 2. The molecule has 0 unspecified atom stereocenters. The molecule has 8 heteroatoms. The third kappa shape index (κ3) is 3.40. The minimum Gasteiger partial charge on any atom is -0.483 e. The van der Waals surface area contributed by atoms with Gasteiger partial charge >= 0.3 is 5.69 Å². The minimum absolute atomic E-state index is 0.00978. The monoisotopic (exact) mass is 333 g/mol. The van der Waals surface area contributed by atoms with Crippen molar-refractivity contribution in [3.05, 3.63) is 52.6 Å². The zero-order valence-corrected chi connectivity index (χ0v) is 12.9. The Balaban J connectivity index is 1.80. The van der Waals surface area contributed by atoms with E-state index >= 15 is 0 Å². The number of rotatable bonds is 5. The smallest absolute Gasteiger partial charge is 0.351 e. The van der Waals surface area contributed by atoms with Crippen LogP contribution in [-0.2, 0) is 11.3 Å². The van der Waals surface area contributed by atoms with Crippen molar-refractivity contribution in [1.29, 1.82) is 0 Å². The van der Waals surface area contributed by atoms with E-state index in [0.717, 1.165) is 5.56 Å². The van der Waals surface area contributed by atoms with E-state index in [1.807, 2.05) is 30.3 Å². The van der Waals surface area contributed by atoms with E-state index in [-0.39, 0.29) is 31.2 Å². The van der Waals surface area contributed by atoms with Crippen LogP contribution in [0.3, 0.4) is 0 Å². The molecule has 0 spiro atoms. The van der Waals surface area contributed by atoms with Crippen molar-refractivity contribution in [2.75, 3.05) is 12.3 Å². The quantitative estimate of drug-likeness (QED) is 0.707. The van der Waals surface area contributed by atoms with Gasteiger partial charge in [-0.2, -0.15) is 4.98 Å². The second-order valence-electron chi connectivity index (χ2n) is 5.57. The fourth-order valence-corrected chi connectivity index (χ4v) is 2.57. The number of benzene rings is 1. The van der Waals surface area contributed by atoms with Gasteiger partial charge in [-0.05, 0) is 5.56 Å². The average Bonchev–Trinajstić information content (AvgIpc) is 2.95. The summed E-state index contributed by atoms with van der Waals surface area (Å²) in [5.41, 5.74) is 6.10. The highest BCUT2D eigenvalue weighted by molar-refractivity contribution is 5.43. The molecule has 3 rings (SSSR count). The summed E-state index contributed by atoms with van der Waals surface area (Å²) in [4.78, 5) is 15.8. The lowest BCUT2D eigenvalue weighted by Gasteiger charge is -2.16. The molecule has 1 aliphatic heterocycles. The van der Waals surface area contributed by atoms with Crippen LogP contribution in [0.2, 0.25) is 0 Å². The van der Waals surface area contributed by atoms with E-state index in [2.05, 4.69) is 4.98 Å². The average molecular weight is 333 g/mol. The summed E-state index contributed by atoms with van der Waals surface area (Å²) in [6, 6.07) is 9.50. The summed E-state index contributed by atoms with van der Waals surface area (Å²) < 4.78 is 12.3. The molecule has 24 heavy (non-hydrogen) atoms. The van der Waals surface area contributed by atoms with Gasteiger partial charge in [0.1, 0.15) is 18.9 Å². The van der Waals surface area contributed by atoms with Crippen molar-refractivity contribution < 1.29 is 19.7 Å². The molecule has 2 aromatic rings. The maximum absolute atomic E-state index is 12.0. The van der Waals surface area contributed by atoms with Crippen LogP contribution in [0.1, 0.15) is 18.2 Å². The second kappa shape index (κ2) is 7.00. The summed E-state index contributed by atoms with van der Waals surface area (Å²) in [7, 11) is 0. The van der Waals surface area contributed by atoms with Gasteiger partial charge < -0.3 is 25.4 Å². The summed E-state index contributed by atoms with van der Waals surface area (Å²) in [6.45, 7) is -0.0511. The molecule has 4 N–H and O–H groups in total. The van der Waals surface area contributed by atoms with Gasteiger partial charge in [-0.25, -0.2) is 4.79 Å². The van der Waals surface area contributed by atoms with Gasteiger partial charge in [0.2, 0.25) is 0 Å². The number of nitrogens with zero attached hydrogens (tertiary/aromatic N) is 2. The van der Waals surface area contributed by atoms with E-state index in [4.69, 9.17) is 20.3 Å². The van der Waals surface area contributed by atoms with E-state index in [9.17, 15) is 9.90 Å². The molecule has 128 valence electrons. The van der Waals surface area contributed by atoms with Gasteiger partial charge in [-0.15, -0.1) is 0 Å². The van der Waals surface area contributed by atoms with Crippen LogP contribution in [0.4, 0.5) is 5.82 Å². The van der Waals surface area contributed by atoms with Crippen LogP contribution in [-0.4, -0.2) is 38.6 Å². The van der Waals surface area contributed by atoms with Crippen molar-refractivity contribution in [1.82, 2.24) is 9.55 Å². The van der Waals surface area contributed by atoms with Crippen molar-refractivity contribution >= 4 is 5.82 Å². The predicted octanol–water partition coefficient (Wildman–Crippen LogP) is 0.0452. The number of hydrogen-bond acceptors (Lipinski definition) is 7. The lowest BCUT2D eigenvalue weighted by atomic mass is 10.2. The van der Waals surface area contributed by atoms with Crippen LogP contribution >= 0.6 is 0 Å². The zero-order chi connectivity index (χ0) is 17.1. The van der Waals surface area contributed by atoms with E-state index in [0.29, 0.717) is 0 Å². The fraction of sp³-hybridized carbons (Fsp3) is 0.375. The van der Waals surface area contributed by atoms with E-state index < -0.39 is 24.1 Å². The molecule has 1 aliphatic rings. The number of anilines is 1. The Morgan fingerprint density at radius 1 is 1.38 bits per heavy atom. The Bertz CT molecular complexity index is 749. The van der Waals surface area contributed by atoms with Gasteiger partial charge in [0.05, 0.1) is 18.9 Å². The lowest BCUT2D eigenvalue weighted by molar-refractivity contribution is -0.0460. The summed E-state index contributed by atoms with van der Waals surface area (Å²) in [6.07, 6.45) is -0.706. The highest BCUT2D eigenvalue weighted by Crippen LogP contribution is 2.29. The van der Waals surface area contributed by atoms with Crippen molar-refractivity contribution in [2.24, 2.45) is 0 Å². The molecule has 1 aromatic heterocycles. The third-order valence-electron chi connectivity index (χ3n) is 3.88. The van der Waals surface area contributed by atoms with Gasteiger partial charge in [0.15, 0.2) is 11.6 Å². The van der Waals surface area contributed by atoms with E-state index in [1.165, 1.54) is 10.8 Å². The molecule has 2 heterocycles. The van der Waals surface area contributed by atoms with Crippen LogP contribution in [0, 0.1) is 0 Å². The van der Waals surface area contributed by atoms with Crippen LogP contribution in [0.25, 0.3) is 0 Å². The Morgan fingerprint density at radius 3 is 2.79 bits per heavy atom. The Hall–Kier alpha value is -2.42. The van der Waals surface area contributed by atoms with Gasteiger partial charge in [0.25, 0.3) is 0 Å². The summed E-state index contributed by atoms with van der Waals surface area (Å²) in [5, 5.41) is 19.0. The van der Waals surface area contributed by atoms with Crippen LogP contribution in [0.15, 0.2) is 41.3 Å². The molecule has 0 radical (unpaired) electrons. The number of nitrogens with two attached hydrogens (primary N) is 1. The van der Waals surface area contributed by atoms with Gasteiger partial charge in [-0.3, -0.25) is 4.57 Å². The molecule has 1 fully saturated rings. The first-order valence-corrected chi connectivity index (χ1v) is 7.58. The predicted molar refractivity (Wildman–Crippen MR) is 85.3 cm³/mol. The summed E-state index contributed by atoms with van der Waals surface area (Å²) in [5.74, 6) is 0.244. The molecule has 3 atom stereocenters. The molecular weight excluding hydrogens is 314 g/mol. The van der Waals surface area contributed by atoms with Gasteiger partial charge in [0, 0.05) is 6.42 Å². The van der Waals surface area contributed by atoms with Crippen LogP contribution < -0.4 is 16.2 Å². The van der Waals surface area contributed by atoms with Crippen molar-refractivity contribution in [2.45, 2.75) is 31.5 Å². The lowest BCUT2D eigenvalue weighted by Crippen LogP contribution is -2.28. The topological polar surface area (TPSA) is 120 Å². The highest BCUT2D eigenvalue weighted by atomic mass is 16.5. The molecule has 0 aliphatic carbocycles. The fourth-order valence-electron chi connectivity index (χ4n) is 2.57. The number of aliphatic hydroxyl groups is 2. The number of nitrogen functional groups attached to an aromatic ring is 1. The summed E-state index contributed by atoms with van der Waals surface area (Å²) >= 11 is 0. The van der Waals surface area contributed by atoms with Crippen molar-refractivity contribution in [3.63, 3.8) is 0 Å². The molecule has 0 saturated carbocycles. The Kier molecular flexibility index (Phi) is 4.79. The largest absolute Gasteiger partial charge is 0.483 e. The first-order chi connectivity index (χ1) is 11.6. The maximum Gasteiger partial charge on any atom is 0.351 e. The zero-order valence-electron chi connectivity index (χ0n) is 12.9. The molecule has 0 amide bonds. The molecule has 0 bridgehead atoms. The first kappa shape index (κ1) is 16.4. The van der Waals surface area contributed by atoms with Crippen molar-refractivity contribution in [3.8, 4) is 5.75 Å². The standard InChI is InChI=1S/C16H19N3O5/c17-15-12(23-9-10-4-2-1-3-5-10)7-19(16(22)18-15)14-6-11(21)13(8-20)24-14/h1-5,7,11,13-14,20-21H,6,8-9H2,(H2,17,18,22)/t11-,13+,14+/m0/s1. The molecule has 1 aromatic carbocycles. The minimum atomic E-state index is -0.849. The SMILES string of the molecule is Nc1nc(=O)n([C@H]2C[C@H](O)[C@@H](CO)O2)cc1OCc1ccccc1. The normalized spacial score (nSPS) is 23.3. The first-order valence-electron chi connectivity index (χ1n) is 7.58. The number of aromatic nitrogens is 2. The Morgan fingerprint density at radius 2 is 2.12 bits per heavy atom. The number of hydrogen-bond donors (Lipinski definition) is 3. The maximum atomic E-state index is 12.0. The molecule has 1 saturated heterocycles. The molecule has 8 nitrogen and oxygen atoms in total. The number of aliphatic hydroxyl groups excluding tert-OH is 2. The molecular formula is C16H19N3O5. The van der Waals surface area contributed by atoms with E-state index in [1.54, 1.807) is 0 Å². The van der Waals surface area contributed by atoms with Gasteiger partial charge in [-0.1, -0.05) is 30.3 Å². The second-order valence-corrected chi connectivity index (χ2v) is 5.57. The third-order valence-corrected chi connectivity index (χ3v) is 3.88. The highest BCUT2D eigenvalue weighted by Gasteiger charge is 2.35. The Labute approximate surface area is 138 Å². The van der Waals surface area contributed by atoms with Crippen LogP contribution in [0.5, 0.6) is 5.75 Å².